The van der Waals surface area contributed by atoms with E-state index >= 15 is 0 Å². The molecule has 20 heavy (non-hydrogen) atoms. The maximum Gasteiger partial charge on any atom is 0.119 e. The average Bonchev–Trinajstić information content (AvgIpc) is 2.47. The highest BCUT2D eigenvalue weighted by Crippen LogP contribution is 2.12. The first-order valence-corrected chi connectivity index (χ1v) is 7.56. The Morgan fingerprint density at radius 2 is 2.00 bits per heavy atom. The third kappa shape index (κ3) is 5.35. The average molecular weight is 274 g/mol. The first-order valence-electron chi connectivity index (χ1n) is 7.56. The second kappa shape index (κ2) is 8.08. The molecule has 2 rings (SSSR count). The summed E-state index contributed by atoms with van der Waals surface area (Å²) in [4.78, 5) is 2.42. The highest BCUT2D eigenvalue weighted by molar-refractivity contribution is 5.27. The summed E-state index contributed by atoms with van der Waals surface area (Å²) in [6, 6.07) is 8.91. The van der Waals surface area contributed by atoms with Crippen molar-refractivity contribution >= 4 is 0 Å². The van der Waals surface area contributed by atoms with Crippen molar-refractivity contribution in [3.05, 3.63) is 42.0 Å². The molecule has 0 spiro atoms. The molecule has 110 valence electrons. The Hall–Kier alpha value is -1.32. The minimum Gasteiger partial charge on any atom is -0.492 e. The molecule has 3 heteroatoms. The zero-order valence-electron chi connectivity index (χ0n) is 12.6. The van der Waals surface area contributed by atoms with Gasteiger partial charge in [0.2, 0.25) is 0 Å². The summed E-state index contributed by atoms with van der Waals surface area (Å²) >= 11 is 0. The number of nitrogens with one attached hydrogen (secondary N) is 1. The highest BCUT2D eigenvalue weighted by Gasteiger charge is 2.05. The molecule has 1 heterocycles. The quantitative estimate of drug-likeness (QED) is 0.774. The normalized spacial score (nSPS) is 15.8. The van der Waals surface area contributed by atoms with E-state index in [2.05, 4.69) is 60.5 Å². The molecule has 1 aliphatic heterocycles. The second-order valence-corrected chi connectivity index (χ2v) is 5.59. The van der Waals surface area contributed by atoms with Crippen LogP contribution in [0.1, 0.15) is 25.8 Å². The molecule has 0 unspecified atom stereocenters. The molecule has 1 aliphatic rings. The zero-order valence-corrected chi connectivity index (χ0v) is 12.6. The van der Waals surface area contributed by atoms with Gasteiger partial charge in [-0.25, -0.2) is 0 Å². The number of hydrogen-bond acceptors (Lipinski definition) is 3. The monoisotopic (exact) mass is 274 g/mol. The molecule has 3 nitrogen and oxygen atoms in total. The number of benzene rings is 1. The Kier molecular flexibility index (Phi) is 6.09. The van der Waals surface area contributed by atoms with Crippen LogP contribution in [-0.4, -0.2) is 37.2 Å². The molecular formula is C17H26N2O. The van der Waals surface area contributed by atoms with Crippen LogP contribution in [0.15, 0.2) is 36.4 Å². The molecular weight excluding hydrogens is 248 g/mol. The van der Waals surface area contributed by atoms with Crippen LogP contribution < -0.4 is 10.1 Å². The topological polar surface area (TPSA) is 24.5 Å². The van der Waals surface area contributed by atoms with E-state index in [1.54, 1.807) is 0 Å². The van der Waals surface area contributed by atoms with Gasteiger partial charge in [-0.15, -0.1) is 0 Å². The van der Waals surface area contributed by atoms with Gasteiger partial charge in [-0.3, -0.25) is 4.90 Å². The van der Waals surface area contributed by atoms with Crippen molar-refractivity contribution in [2.45, 2.75) is 32.9 Å². The lowest BCUT2D eigenvalue weighted by Gasteiger charge is -2.22. The molecule has 1 aromatic rings. The number of ether oxygens (including phenoxy) is 1. The lowest BCUT2D eigenvalue weighted by Crippen LogP contribution is -2.31. The molecule has 0 aromatic heterocycles. The van der Waals surface area contributed by atoms with E-state index in [0.717, 1.165) is 45.0 Å². The summed E-state index contributed by atoms with van der Waals surface area (Å²) in [6.45, 7) is 9.21. The van der Waals surface area contributed by atoms with Crippen molar-refractivity contribution in [3.8, 4) is 5.75 Å². The van der Waals surface area contributed by atoms with E-state index in [-0.39, 0.29) is 0 Å². The van der Waals surface area contributed by atoms with E-state index < -0.39 is 0 Å². The molecule has 0 aliphatic carbocycles. The van der Waals surface area contributed by atoms with Gasteiger partial charge in [0.05, 0.1) is 0 Å². The lowest BCUT2D eigenvalue weighted by molar-refractivity contribution is 0.221. The maximum absolute atomic E-state index is 5.80. The van der Waals surface area contributed by atoms with E-state index in [1.165, 1.54) is 5.56 Å². The Morgan fingerprint density at radius 3 is 2.65 bits per heavy atom. The summed E-state index contributed by atoms with van der Waals surface area (Å²) in [5.41, 5.74) is 1.30. The third-order valence-corrected chi connectivity index (χ3v) is 3.46. The molecule has 0 fully saturated rings. The summed E-state index contributed by atoms with van der Waals surface area (Å²) in [5.74, 6) is 0.964. The summed E-state index contributed by atoms with van der Waals surface area (Å²) < 4.78 is 5.80. The fourth-order valence-electron chi connectivity index (χ4n) is 2.21. The van der Waals surface area contributed by atoms with Crippen LogP contribution in [0.2, 0.25) is 0 Å². The standard InChI is InChI=1S/C17H26N2O/c1-15(2)18-14-16-6-8-17(9-7-16)20-13-12-19-10-4-3-5-11-19/h3-4,6-9,15,18H,5,10-14H2,1-2H3. The van der Waals surface area contributed by atoms with Crippen molar-refractivity contribution in [2.24, 2.45) is 0 Å². The van der Waals surface area contributed by atoms with Crippen LogP contribution in [0.3, 0.4) is 0 Å². The highest BCUT2D eigenvalue weighted by atomic mass is 16.5. The predicted octanol–water partition coefficient (Wildman–Crippen LogP) is 2.83. The van der Waals surface area contributed by atoms with Gasteiger partial charge in [-0.2, -0.15) is 0 Å². The van der Waals surface area contributed by atoms with Crippen LogP contribution in [0.4, 0.5) is 0 Å². The molecule has 0 atom stereocenters. The van der Waals surface area contributed by atoms with E-state index in [0.29, 0.717) is 6.04 Å². The van der Waals surface area contributed by atoms with E-state index in [1.807, 2.05) is 0 Å². The lowest BCUT2D eigenvalue weighted by atomic mass is 10.2. The Morgan fingerprint density at radius 1 is 1.20 bits per heavy atom. The number of nitrogens with zero attached hydrogens (tertiary/aromatic N) is 1. The Labute approximate surface area is 122 Å². The van der Waals surface area contributed by atoms with Crippen molar-refractivity contribution < 1.29 is 4.74 Å². The third-order valence-electron chi connectivity index (χ3n) is 3.46. The number of hydrogen-bond donors (Lipinski definition) is 1. The minimum atomic E-state index is 0.518. The van der Waals surface area contributed by atoms with Crippen molar-refractivity contribution in [1.29, 1.82) is 0 Å². The Balaban J connectivity index is 1.69. The van der Waals surface area contributed by atoms with Crippen molar-refractivity contribution in [1.82, 2.24) is 10.2 Å². The summed E-state index contributed by atoms with van der Waals surface area (Å²) in [6.07, 6.45) is 5.65. The van der Waals surface area contributed by atoms with E-state index in [4.69, 9.17) is 4.74 Å². The van der Waals surface area contributed by atoms with Gasteiger partial charge in [-0.1, -0.05) is 38.1 Å². The van der Waals surface area contributed by atoms with E-state index in [9.17, 15) is 0 Å². The largest absolute Gasteiger partial charge is 0.492 e. The number of rotatable bonds is 7. The molecule has 0 bridgehead atoms. The Bertz CT molecular complexity index is 412. The molecule has 1 aromatic carbocycles. The fraction of sp³-hybridized carbons (Fsp3) is 0.529. The summed E-state index contributed by atoms with van der Waals surface area (Å²) in [5, 5.41) is 3.41. The first kappa shape index (κ1) is 15.1. The van der Waals surface area contributed by atoms with Crippen molar-refractivity contribution in [2.75, 3.05) is 26.2 Å². The van der Waals surface area contributed by atoms with Gasteiger partial charge in [0.15, 0.2) is 0 Å². The van der Waals surface area contributed by atoms with Gasteiger partial charge in [0.1, 0.15) is 12.4 Å². The van der Waals surface area contributed by atoms with Crippen LogP contribution in [0.5, 0.6) is 5.75 Å². The van der Waals surface area contributed by atoms with Crippen LogP contribution >= 0.6 is 0 Å². The van der Waals surface area contributed by atoms with Gasteiger partial charge >= 0.3 is 0 Å². The van der Waals surface area contributed by atoms with Crippen LogP contribution in [0, 0.1) is 0 Å². The molecule has 1 N–H and O–H groups in total. The van der Waals surface area contributed by atoms with Crippen LogP contribution in [0.25, 0.3) is 0 Å². The van der Waals surface area contributed by atoms with Crippen molar-refractivity contribution in [3.63, 3.8) is 0 Å². The fourth-order valence-corrected chi connectivity index (χ4v) is 2.21. The van der Waals surface area contributed by atoms with Crippen LogP contribution in [-0.2, 0) is 6.54 Å². The van der Waals surface area contributed by atoms with Gasteiger partial charge in [-0.05, 0) is 24.1 Å². The molecule has 0 saturated carbocycles. The molecule has 0 amide bonds. The minimum absolute atomic E-state index is 0.518. The molecule has 0 saturated heterocycles. The maximum atomic E-state index is 5.80. The summed E-state index contributed by atoms with van der Waals surface area (Å²) in [7, 11) is 0. The molecule has 0 radical (unpaired) electrons. The zero-order chi connectivity index (χ0) is 14.2. The van der Waals surface area contributed by atoms with Gasteiger partial charge in [0, 0.05) is 32.2 Å². The SMILES string of the molecule is CC(C)NCc1ccc(OCCN2CC=CCC2)cc1. The van der Waals surface area contributed by atoms with Gasteiger partial charge in [0.25, 0.3) is 0 Å². The smallest absolute Gasteiger partial charge is 0.119 e. The first-order chi connectivity index (χ1) is 9.74. The second-order valence-electron chi connectivity index (χ2n) is 5.59. The van der Waals surface area contributed by atoms with Gasteiger partial charge < -0.3 is 10.1 Å². The predicted molar refractivity (Wildman–Crippen MR) is 84.1 cm³/mol.